The van der Waals surface area contributed by atoms with Crippen molar-refractivity contribution in [2.75, 3.05) is 0 Å². The van der Waals surface area contributed by atoms with Crippen LogP contribution in [0.4, 0.5) is 0 Å². The second-order valence-electron chi connectivity index (χ2n) is 4.84. The fourth-order valence-electron chi connectivity index (χ4n) is 2.07. The van der Waals surface area contributed by atoms with E-state index in [1.165, 1.54) is 0 Å². The molecule has 0 bridgehead atoms. The van der Waals surface area contributed by atoms with E-state index in [-0.39, 0.29) is 11.6 Å². The summed E-state index contributed by atoms with van der Waals surface area (Å²) in [5, 5.41) is 0. The Labute approximate surface area is 140 Å². The summed E-state index contributed by atoms with van der Waals surface area (Å²) in [7, 11) is 1.82. The summed E-state index contributed by atoms with van der Waals surface area (Å²) in [4.78, 5) is 23.5. The normalized spacial score (nSPS) is 9.17. The van der Waals surface area contributed by atoms with Gasteiger partial charge in [-0.2, -0.15) is 0 Å². The molecule has 0 N–H and O–H groups in total. The number of carbonyl (C=O) groups is 2. The Bertz CT molecular complexity index is 622. The molecule has 1 heterocycles. The Morgan fingerprint density at radius 2 is 1.43 bits per heavy atom. The number of nitrogens with zero attached hydrogens (tertiary/aromatic N) is 1. The van der Waals surface area contributed by atoms with E-state index in [1.807, 2.05) is 72.0 Å². The highest BCUT2D eigenvalue weighted by atomic mass is 16.1. The van der Waals surface area contributed by atoms with E-state index in [0.717, 1.165) is 11.3 Å². The number of hydrogen-bond donors (Lipinski definition) is 0. The number of Topliss-reactive ketones (excluding diaryl/α,β-unsaturated/α-hetero) is 1. The van der Waals surface area contributed by atoms with E-state index in [1.54, 1.807) is 17.6 Å². The van der Waals surface area contributed by atoms with Gasteiger partial charge in [0.15, 0.2) is 0 Å². The molecule has 0 aliphatic rings. The second-order valence-corrected chi connectivity index (χ2v) is 4.84. The quantitative estimate of drug-likeness (QED) is 0.764. The first kappa shape index (κ1) is 20.8. The number of hydrogen-bond acceptors (Lipinski definition) is 2. The fraction of sp³-hybridized carbons (Fsp3) is 0.400. The Balaban J connectivity index is 0.00000112. The summed E-state index contributed by atoms with van der Waals surface area (Å²) in [5.41, 5.74) is 3.27. The van der Waals surface area contributed by atoms with Gasteiger partial charge in [-0.3, -0.25) is 9.59 Å². The summed E-state index contributed by atoms with van der Waals surface area (Å²) in [6.07, 6.45) is 0.359. The number of rotatable bonds is 4. The van der Waals surface area contributed by atoms with Gasteiger partial charge in [-0.1, -0.05) is 57.5 Å². The first-order valence-electron chi connectivity index (χ1n) is 8.24. The van der Waals surface area contributed by atoms with E-state index in [9.17, 15) is 9.59 Å². The topological polar surface area (TPSA) is 39.1 Å². The molecule has 0 atom stereocenters. The van der Waals surface area contributed by atoms with Crippen LogP contribution in [-0.4, -0.2) is 16.1 Å². The third-order valence-corrected chi connectivity index (χ3v) is 3.20. The lowest BCUT2D eigenvalue weighted by Crippen LogP contribution is -2.10. The van der Waals surface area contributed by atoms with E-state index in [2.05, 4.69) is 0 Å². The zero-order valence-electron chi connectivity index (χ0n) is 15.4. The molecule has 0 aliphatic heterocycles. The number of benzene rings is 1. The van der Waals surface area contributed by atoms with Gasteiger partial charge < -0.3 is 4.57 Å². The Morgan fingerprint density at radius 3 is 1.91 bits per heavy atom. The van der Waals surface area contributed by atoms with Crippen LogP contribution in [0.15, 0.2) is 36.4 Å². The molecule has 0 unspecified atom stereocenters. The maximum Gasteiger partial charge on any atom is 0.209 e. The van der Waals surface area contributed by atoms with Gasteiger partial charge in [0, 0.05) is 24.7 Å². The van der Waals surface area contributed by atoms with E-state index < -0.39 is 0 Å². The summed E-state index contributed by atoms with van der Waals surface area (Å²) < 4.78 is 1.80. The van der Waals surface area contributed by atoms with E-state index >= 15 is 0 Å². The predicted octanol–water partition coefficient (Wildman–Crippen LogP) is 4.75. The maximum absolute atomic E-state index is 12.4. The van der Waals surface area contributed by atoms with Crippen molar-refractivity contribution < 1.29 is 9.59 Å². The van der Waals surface area contributed by atoms with Crippen molar-refractivity contribution in [3.8, 4) is 0 Å². The van der Waals surface area contributed by atoms with Crippen molar-refractivity contribution in [2.24, 2.45) is 7.05 Å². The Hall–Kier alpha value is -2.16. The lowest BCUT2D eigenvalue weighted by molar-refractivity contribution is -0.116. The molecule has 0 radical (unpaired) electrons. The third-order valence-electron chi connectivity index (χ3n) is 3.20. The average Bonchev–Trinajstić information content (AvgIpc) is 2.91. The highest BCUT2D eigenvalue weighted by Gasteiger charge is 2.15. The van der Waals surface area contributed by atoms with Gasteiger partial charge in [0.05, 0.1) is 5.69 Å². The van der Waals surface area contributed by atoms with Gasteiger partial charge in [0.25, 0.3) is 0 Å². The van der Waals surface area contributed by atoms with Gasteiger partial charge in [0.1, 0.15) is 5.78 Å². The fourth-order valence-corrected chi connectivity index (χ4v) is 2.07. The standard InChI is InChI=1S/C16H17NO2.2C2H6/c1-11-4-6-13(7-5-11)16(19)15-9-8-14(17(15)3)10-12(2)18;2*1-2/h4-9H,10H2,1-3H3;2*1-2H3. The van der Waals surface area contributed by atoms with Crippen molar-refractivity contribution in [3.05, 3.63) is 58.9 Å². The Morgan fingerprint density at radius 1 is 0.913 bits per heavy atom. The van der Waals surface area contributed by atoms with E-state index in [4.69, 9.17) is 0 Å². The molecule has 1 aromatic heterocycles. The molecule has 0 aliphatic carbocycles. The highest BCUT2D eigenvalue weighted by molar-refractivity contribution is 6.08. The summed E-state index contributed by atoms with van der Waals surface area (Å²) in [6, 6.07) is 11.1. The van der Waals surface area contributed by atoms with Gasteiger partial charge in [-0.25, -0.2) is 0 Å². The average molecular weight is 315 g/mol. The molecule has 1 aromatic carbocycles. The van der Waals surface area contributed by atoms with Crippen LogP contribution in [0.2, 0.25) is 0 Å². The SMILES string of the molecule is CC.CC.CC(=O)Cc1ccc(C(=O)c2ccc(C)cc2)n1C. The molecule has 126 valence electrons. The molecule has 2 rings (SSSR count). The summed E-state index contributed by atoms with van der Waals surface area (Å²) in [5.74, 6) is 0.0767. The van der Waals surface area contributed by atoms with Crippen LogP contribution in [0.1, 0.15) is 61.9 Å². The van der Waals surface area contributed by atoms with Crippen LogP contribution >= 0.6 is 0 Å². The van der Waals surface area contributed by atoms with Crippen molar-refractivity contribution >= 4 is 11.6 Å². The lowest BCUT2D eigenvalue weighted by Gasteiger charge is -2.06. The van der Waals surface area contributed by atoms with E-state index in [0.29, 0.717) is 17.7 Å². The van der Waals surface area contributed by atoms with Crippen LogP contribution in [0.3, 0.4) is 0 Å². The molecule has 3 heteroatoms. The molecular weight excluding hydrogens is 286 g/mol. The molecule has 3 nitrogen and oxygen atoms in total. The number of carbonyl (C=O) groups excluding carboxylic acids is 2. The van der Waals surface area contributed by atoms with Gasteiger partial charge in [-0.15, -0.1) is 0 Å². The molecule has 0 saturated carbocycles. The molecule has 2 aromatic rings. The highest BCUT2D eigenvalue weighted by Crippen LogP contribution is 2.14. The van der Waals surface area contributed by atoms with Gasteiger partial charge in [-0.05, 0) is 26.0 Å². The zero-order valence-corrected chi connectivity index (χ0v) is 15.4. The molecule has 0 saturated heterocycles. The first-order chi connectivity index (χ1) is 11.0. The Kier molecular flexibility index (Phi) is 9.56. The lowest BCUT2D eigenvalue weighted by atomic mass is 10.1. The van der Waals surface area contributed by atoms with Crippen LogP contribution in [0.5, 0.6) is 0 Å². The van der Waals surface area contributed by atoms with Crippen LogP contribution in [0, 0.1) is 6.92 Å². The van der Waals surface area contributed by atoms with Gasteiger partial charge >= 0.3 is 0 Å². The minimum absolute atomic E-state index is 0.0164. The number of ketones is 2. The van der Waals surface area contributed by atoms with Crippen molar-refractivity contribution in [1.29, 1.82) is 0 Å². The first-order valence-corrected chi connectivity index (χ1v) is 8.24. The van der Waals surface area contributed by atoms with Crippen molar-refractivity contribution in [1.82, 2.24) is 4.57 Å². The smallest absolute Gasteiger partial charge is 0.209 e. The molecule has 0 spiro atoms. The second kappa shape index (κ2) is 10.5. The minimum atomic E-state index is -0.0164. The molecule has 23 heavy (non-hydrogen) atoms. The number of aromatic nitrogens is 1. The minimum Gasteiger partial charge on any atom is -0.345 e. The number of aryl methyl sites for hydroxylation is 1. The van der Waals surface area contributed by atoms with Crippen molar-refractivity contribution in [3.63, 3.8) is 0 Å². The monoisotopic (exact) mass is 315 g/mol. The van der Waals surface area contributed by atoms with Crippen molar-refractivity contribution in [2.45, 2.75) is 48.0 Å². The van der Waals surface area contributed by atoms with Crippen LogP contribution in [0.25, 0.3) is 0 Å². The summed E-state index contributed by atoms with van der Waals surface area (Å²) >= 11 is 0. The molecule has 0 fully saturated rings. The van der Waals surface area contributed by atoms with Crippen LogP contribution < -0.4 is 0 Å². The predicted molar refractivity (Wildman–Crippen MR) is 97.1 cm³/mol. The largest absolute Gasteiger partial charge is 0.345 e. The molecule has 0 amide bonds. The maximum atomic E-state index is 12.4. The third kappa shape index (κ3) is 5.85. The molecular formula is C20H29NO2. The van der Waals surface area contributed by atoms with Crippen LogP contribution in [-0.2, 0) is 18.3 Å². The summed E-state index contributed by atoms with van der Waals surface area (Å²) in [6.45, 7) is 11.5. The zero-order chi connectivity index (χ0) is 18.0. The van der Waals surface area contributed by atoms with Gasteiger partial charge in [0.2, 0.25) is 5.78 Å².